The fourth-order valence-corrected chi connectivity index (χ4v) is 1.69. The van der Waals surface area contributed by atoms with Gasteiger partial charge in [0.2, 0.25) is 0 Å². The summed E-state index contributed by atoms with van der Waals surface area (Å²) in [6, 6.07) is 7.80. The summed E-state index contributed by atoms with van der Waals surface area (Å²) >= 11 is 0. The number of hydrogen-bond donors (Lipinski definition) is 1. The second-order valence-electron chi connectivity index (χ2n) is 3.92. The Morgan fingerprint density at radius 3 is 2.50 bits per heavy atom. The quantitative estimate of drug-likeness (QED) is 0.863. The summed E-state index contributed by atoms with van der Waals surface area (Å²) in [6.07, 6.45) is -2.47. The van der Waals surface area contributed by atoms with Crippen LogP contribution in [-0.2, 0) is 11.0 Å². The predicted octanol–water partition coefficient (Wildman–Crippen LogP) is 4.06. The summed E-state index contributed by atoms with van der Waals surface area (Å²) < 4.78 is 43.8. The van der Waals surface area contributed by atoms with Gasteiger partial charge in [-0.15, -0.1) is 0 Å². The lowest BCUT2D eigenvalue weighted by Gasteiger charge is -2.10. The van der Waals surface area contributed by atoms with Gasteiger partial charge < -0.3 is 9.52 Å². The van der Waals surface area contributed by atoms with Gasteiger partial charge in [0.1, 0.15) is 11.5 Å². The van der Waals surface area contributed by atoms with Gasteiger partial charge >= 0.3 is 12.1 Å². The average Bonchev–Trinajstić information content (AvgIpc) is 2.84. The minimum Gasteiger partial charge on any atom is -0.478 e. The zero-order valence-corrected chi connectivity index (χ0v) is 10.0. The topological polar surface area (TPSA) is 50.4 Å². The van der Waals surface area contributed by atoms with Gasteiger partial charge in [0.15, 0.2) is 0 Å². The number of hydrogen-bond acceptors (Lipinski definition) is 2. The highest BCUT2D eigenvalue weighted by Crippen LogP contribution is 2.37. The van der Waals surface area contributed by atoms with Crippen LogP contribution in [0.25, 0.3) is 17.4 Å². The number of carboxylic acid groups (broad SMARTS) is 1. The van der Waals surface area contributed by atoms with Crippen molar-refractivity contribution in [3.63, 3.8) is 0 Å². The number of aliphatic carboxylic acids is 1. The molecule has 0 amide bonds. The van der Waals surface area contributed by atoms with Crippen LogP contribution in [0, 0.1) is 0 Å². The molecule has 0 bridgehead atoms. The first-order valence-corrected chi connectivity index (χ1v) is 5.55. The van der Waals surface area contributed by atoms with E-state index >= 15 is 0 Å². The SMILES string of the molecule is O=C(O)/C=C/c1ccc(-c2ccccc2C(F)(F)F)o1. The number of carbonyl (C=O) groups is 1. The van der Waals surface area contributed by atoms with Crippen molar-refractivity contribution in [2.45, 2.75) is 6.18 Å². The summed E-state index contributed by atoms with van der Waals surface area (Å²) in [5.74, 6) is -0.971. The fourth-order valence-electron chi connectivity index (χ4n) is 1.69. The summed E-state index contributed by atoms with van der Waals surface area (Å²) in [5, 5.41) is 8.47. The lowest BCUT2D eigenvalue weighted by atomic mass is 10.1. The van der Waals surface area contributed by atoms with E-state index in [0.717, 1.165) is 12.1 Å². The molecule has 0 atom stereocenters. The molecule has 6 heteroatoms. The Labute approximate surface area is 112 Å². The smallest absolute Gasteiger partial charge is 0.417 e. The molecule has 3 nitrogen and oxygen atoms in total. The summed E-state index contributed by atoms with van der Waals surface area (Å²) in [5.41, 5.74) is -0.891. The molecule has 104 valence electrons. The van der Waals surface area contributed by atoms with Crippen LogP contribution in [-0.4, -0.2) is 11.1 Å². The lowest BCUT2D eigenvalue weighted by molar-refractivity contribution is -0.137. The standard InChI is InChI=1S/C14H9F3O3/c15-14(16,17)11-4-2-1-3-10(11)12-7-5-9(20-12)6-8-13(18)19/h1-8H,(H,18,19)/b8-6+. The van der Waals surface area contributed by atoms with Crippen LogP contribution in [0.5, 0.6) is 0 Å². The van der Waals surface area contributed by atoms with Gasteiger partial charge in [0.05, 0.1) is 5.56 Å². The zero-order valence-electron chi connectivity index (χ0n) is 10.0. The molecular weight excluding hydrogens is 273 g/mol. The minimum absolute atomic E-state index is 0.0305. The monoisotopic (exact) mass is 282 g/mol. The molecule has 0 fully saturated rings. The van der Waals surface area contributed by atoms with Crippen molar-refractivity contribution in [3.05, 3.63) is 53.8 Å². The van der Waals surface area contributed by atoms with E-state index in [1.54, 1.807) is 0 Å². The molecule has 0 aliphatic rings. The van der Waals surface area contributed by atoms with Crippen molar-refractivity contribution < 1.29 is 27.5 Å². The Morgan fingerprint density at radius 1 is 1.15 bits per heavy atom. The van der Waals surface area contributed by atoms with Crippen LogP contribution >= 0.6 is 0 Å². The van der Waals surface area contributed by atoms with Crippen molar-refractivity contribution >= 4 is 12.0 Å². The maximum absolute atomic E-state index is 12.9. The molecule has 1 aromatic carbocycles. The van der Waals surface area contributed by atoms with Gasteiger partial charge in [-0.1, -0.05) is 18.2 Å². The Bertz CT molecular complexity index is 654. The maximum atomic E-state index is 12.9. The highest BCUT2D eigenvalue weighted by Gasteiger charge is 2.33. The normalized spacial score (nSPS) is 11.9. The van der Waals surface area contributed by atoms with E-state index in [-0.39, 0.29) is 17.1 Å². The molecule has 0 saturated heterocycles. The summed E-state index contributed by atoms with van der Waals surface area (Å²) in [4.78, 5) is 10.4. The minimum atomic E-state index is -4.49. The van der Waals surface area contributed by atoms with Crippen LogP contribution in [0.3, 0.4) is 0 Å². The van der Waals surface area contributed by atoms with Crippen LogP contribution in [0.15, 0.2) is 46.9 Å². The molecule has 0 aliphatic heterocycles. The number of halogens is 3. The highest BCUT2D eigenvalue weighted by atomic mass is 19.4. The number of rotatable bonds is 3. The van der Waals surface area contributed by atoms with Crippen molar-refractivity contribution in [2.75, 3.05) is 0 Å². The molecule has 0 aliphatic carbocycles. The van der Waals surface area contributed by atoms with Gasteiger partial charge in [-0.25, -0.2) is 4.79 Å². The van der Waals surface area contributed by atoms with Gasteiger partial charge in [0, 0.05) is 11.6 Å². The summed E-state index contributed by atoms with van der Waals surface area (Å²) in [7, 11) is 0. The lowest BCUT2D eigenvalue weighted by Crippen LogP contribution is -2.06. The van der Waals surface area contributed by atoms with E-state index in [9.17, 15) is 18.0 Å². The van der Waals surface area contributed by atoms with E-state index in [1.807, 2.05) is 0 Å². The maximum Gasteiger partial charge on any atom is 0.417 e. The molecule has 0 unspecified atom stereocenters. The molecule has 20 heavy (non-hydrogen) atoms. The van der Waals surface area contributed by atoms with Crippen molar-refractivity contribution in [1.29, 1.82) is 0 Å². The average molecular weight is 282 g/mol. The molecule has 2 aromatic rings. The molecule has 0 radical (unpaired) electrons. The molecule has 0 saturated carbocycles. The van der Waals surface area contributed by atoms with Crippen molar-refractivity contribution in [2.24, 2.45) is 0 Å². The first-order valence-electron chi connectivity index (χ1n) is 5.55. The molecular formula is C14H9F3O3. The Kier molecular flexibility index (Phi) is 3.65. The number of benzene rings is 1. The van der Waals surface area contributed by atoms with E-state index in [2.05, 4.69) is 0 Å². The molecule has 1 heterocycles. The van der Waals surface area contributed by atoms with Crippen LogP contribution in [0.4, 0.5) is 13.2 Å². The van der Waals surface area contributed by atoms with E-state index in [0.29, 0.717) is 0 Å². The molecule has 0 spiro atoms. The second-order valence-corrected chi connectivity index (χ2v) is 3.92. The van der Waals surface area contributed by atoms with E-state index < -0.39 is 17.7 Å². The third kappa shape index (κ3) is 3.09. The highest BCUT2D eigenvalue weighted by molar-refractivity contribution is 5.84. The Hall–Kier alpha value is -2.50. The van der Waals surface area contributed by atoms with Gasteiger partial charge in [-0.2, -0.15) is 13.2 Å². The van der Waals surface area contributed by atoms with Crippen LogP contribution in [0.2, 0.25) is 0 Å². The van der Waals surface area contributed by atoms with Gasteiger partial charge in [0.25, 0.3) is 0 Å². The first-order chi connectivity index (χ1) is 9.38. The zero-order chi connectivity index (χ0) is 14.8. The van der Waals surface area contributed by atoms with E-state index in [1.165, 1.54) is 36.4 Å². The van der Waals surface area contributed by atoms with Crippen LogP contribution in [0.1, 0.15) is 11.3 Å². The van der Waals surface area contributed by atoms with Crippen LogP contribution < -0.4 is 0 Å². The third-order valence-corrected chi connectivity index (χ3v) is 2.51. The van der Waals surface area contributed by atoms with Gasteiger partial charge in [-0.05, 0) is 24.3 Å². The number of furan rings is 1. The largest absolute Gasteiger partial charge is 0.478 e. The third-order valence-electron chi connectivity index (χ3n) is 2.51. The number of carboxylic acids is 1. The second kappa shape index (κ2) is 5.24. The molecule has 1 N–H and O–H groups in total. The first kappa shape index (κ1) is 13.9. The summed E-state index contributed by atoms with van der Waals surface area (Å²) in [6.45, 7) is 0. The Balaban J connectivity index is 2.41. The van der Waals surface area contributed by atoms with Crippen molar-refractivity contribution in [3.8, 4) is 11.3 Å². The molecule has 1 aromatic heterocycles. The van der Waals surface area contributed by atoms with Crippen molar-refractivity contribution in [1.82, 2.24) is 0 Å². The fraction of sp³-hybridized carbons (Fsp3) is 0.0714. The Morgan fingerprint density at radius 2 is 1.85 bits per heavy atom. The molecule has 2 rings (SSSR count). The predicted molar refractivity (Wildman–Crippen MR) is 65.8 cm³/mol. The number of alkyl halides is 3. The van der Waals surface area contributed by atoms with E-state index in [4.69, 9.17) is 9.52 Å². The van der Waals surface area contributed by atoms with Gasteiger partial charge in [-0.3, -0.25) is 0 Å².